The van der Waals surface area contributed by atoms with Crippen LogP contribution in [0.15, 0.2) is 108 Å². The lowest BCUT2D eigenvalue weighted by Crippen LogP contribution is -2.54. The van der Waals surface area contributed by atoms with Crippen molar-refractivity contribution in [3.05, 3.63) is 136 Å². The second kappa shape index (κ2) is 16.5. The number of hydrogen-bond acceptors (Lipinski definition) is 12. The van der Waals surface area contributed by atoms with E-state index in [1.165, 1.54) is 51.3 Å². The molecular formula is C49H50N8O7S. The number of rotatable bonds is 12. The highest BCUT2D eigenvalue weighted by Gasteiger charge is 2.50. The van der Waals surface area contributed by atoms with Crippen LogP contribution in [0.5, 0.6) is 17.4 Å². The highest BCUT2D eigenvalue weighted by Crippen LogP contribution is 2.55. The number of benzene rings is 3. The first kappa shape index (κ1) is 41.2. The number of H-pyrrole nitrogens is 1. The predicted octanol–water partition coefficient (Wildman–Crippen LogP) is 8.66. The molecule has 0 bridgehead atoms. The summed E-state index contributed by atoms with van der Waals surface area (Å²) in [6.07, 6.45) is 13.4. The van der Waals surface area contributed by atoms with Crippen molar-refractivity contribution in [2.45, 2.75) is 86.9 Å². The summed E-state index contributed by atoms with van der Waals surface area (Å²) in [6.45, 7) is 2.93. The highest BCUT2D eigenvalue weighted by molar-refractivity contribution is 7.90. The van der Waals surface area contributed by atoms with Crippen molar-refractivity contribution in [2.75, 3.05) is 36.5 Å². The fraction of sp³-hybridized carbons (Fsp3) is 0.367. The van der Waals surface area contributed by atoms with Crippen molar-refractivity contribution in [2.24, 2.45) is 5.41 Å². The molecule has 6 heterocycles. The molecule has 6 aromatic rings. The van der Waals surface area contributed by atoms with Crippen molar-refractivity contribution in [3.8, 4) is 17.4 Å². The van der Waals surface area contributed by atoms with Crippen molar-refractivity contribution in [3.63, 3.8) is 0 Å². The zero-order valence-corrected chi connectivity index (χ0v) is 36.6. The van der Waals surface area contributed by atoms with Crippen molar-refractivity contribution >= 4 is 44.0 Å². The maximum Gasteiger partial charge on any atom is 0.300 e. The smallest absolute Gasteiger partial charge is 0.300 e. The number of nitrogens with zero attached hydrogens (tertiary/aromatic N) is 5. The first-order valence-corrected chi connectivity index (χ1v) is 24.1. The Morgan fingerprint density at radius 3 is 2.52 bits per heavy atom. The summed E-state index contributed by atoms with van der Waals surface area (Å²) in [5, 5.41) is 15.5. The third kappa shape index (κ3) is 8.13. The summed E-state index contributed by atoms with van der Waals surface area (Å²) in [4.78, 5) is 42.4. The topological polar surface area (TPSA) is 185 Å². The Kier molecular flexibility index (Phi) is 10.4. The van der Waals surface area contributed by atoms with E-state index in [1.54, 1.807) is 35.5 Å². The quantitative estimate of drug-likeness (QED) is 0.0786. The molecule has 2 atom stereocenters. The minimum atomic E-state index is -4.75. The number of nitrogens with one attached hydrogen (secondary N) is 3. The number of likely N-dealkylation sites (tertiary alicyclic amines) is 1. The first-order chi connectivity index (χ1) is 31.6. The van der Waals surface area contributed by atoms with Crippen LogP contribution in [0.1, 0.15) is 90.4 Å². The fourth-order valence-corrected chi connectivity index (χ4v) is 11.6. The number of hydrogen-bond donors (Lipinski definition) is 3. The van der Waals surface area contributed by atoms with E-state index < -0.39 is 31.6 Å². The van der Waals surface area contributed by atoms with Gasteiger partial charge in [0.15, 0.2) is 10.7 Å². The third-order valence-corrected chi connectivity index (χ3v) is 15.4. The molecule has 3 N–H and O–H groups in total. The summed E-state index contributed by atoms with van der Waals surface area (Å²) in [5.41, 5.74) is 5.31. The van der Waals surface area contributed by atoms with Crippen LogP contribution in [0.3, 0.4) is 0 Å². The second-order valence-corrected chi connectivity index (χ2v) is 20.0. The number of piperidine rings is 1. The average Bonchev–Trinajstić information content (AvgIpc) is 3.85. The molecule has 1 amide bonds. The van der Waals surface area contributed by atoms with Gasteiger partial charge in [0, 0.05) is 48.5 Å². The molecule has 11 rings (SSSR count). The van der Waals surface area contributed by atoms with Crippen LogP contribution >= 0.6 is 0 Å². The number of carbonyl (C=O) groups excluding carboxylic acids is 1. The highest BCUT2D eigenvalue weighted by atomic mass is 32.2. The molecular weight excluding hydrogens is 845 g/mol. The molecule has 2 saturated carbocycles. The molecule has 334 valence electrons. The van der Waals surface area contributed by atoms with Crippen LogP contribution in [-0.4, -0.2) is 77.4 Å². The number of carbonyl (C=O) groups is 1. The van der Waals surface area contributed by atoms with E-state index in [0.717, 1.165) is 54.6 Å². The van der Waals surface area contributed by atoms with Crippen molar-refractivity contribution in [1.29, 1.82) is 0 Å². The van der Waals surface area contributed by atoms with Gasteiger partial charge in [-0.2, -0.15) is 13.4 Å². The van der Waals surface area contributed by atoms with Gasteiger partial charge in [0.05, 0.1) is 28.8 Å². The molecule has 3 aromatic carbocycles. The first-order valence-electron chi connectivity index (χ1n) is 22.6. The molecule has 0 radical (unpaired) electrons. The van der Waals surface area contributed by atoms with E-state index in [0.29, 0.717) is 35.3 Å². The summed E-state index contributed by atoms with van der Waals surface area (Å²) in [6, 6.07) is 29.1. The van der Waals surface area contributed by atoms with Gasteiger partial charge in [-0.1, -0.05) is 54.6 Å². The van der Waals surface area contributed by atoms with E-state index in [-0.39, 0.29) is 35.5 Å². The molecule has 15 nitrogen and oxygen atoms in total. The van der Waals surface area contributed by atoms with Crippen LogP contribution in [0.4, 0.5) is 17.1 Å². The van der Waals surface area contributed by atoms with Crippen LogP contribution < -0.4 is 24.4 Å². The maximum atomic E-state index is 14.1. The number of aromatic nitrogens is 3. The van der Waals surface area contributed by atoms with E-state index in [9.17, 15) is 23.3 Å². The Balaban J connectivity index is 0.805. The molecule has 1 spiro atoms. The van der Waals surface area contributed by atoms with E-state index in [4.69, 9.17) is 9.47 Å². The normalized spacial score (nSPS) is 20.7. The summed E-state index contributed by atoms with van der Waals surface area (Å²) in [5.74, 6) is -0.0170. The monoisotopic (exact) mass is 894 g/mol. The van der Waals surface area contributed by atoms with Crippen LogP contribution in [0, 0.1) is 15.5 Å². The minimum absolute atomic E-state index is 0.0296. The predicted molar refractivity (Wildman–Crippen MR) is 245 cm³/mol. The van der Waals surface area contributed by atoms with Gasteiger partial charge in [0.25, 0.3) is 15.9 Å². The average molecular weight is 895 g/mol. The number of anilines is 2. The van der Waals surface area contributed by atoms with Gasteiger partial charge in [0.2, 0.25) is 5.88 Å². The number of fused-ring (bicyclic) bond motifs is 2. The summed E-state index contributed by atoms with van der Waals surface area (Å²) >= 11 is 0. The Morgan fingerprint density at radius 2 is 1.74 bits per heavy atom. The standard InChI is InChI=1S/C49H50N8O7S/c58-47(54-65(61,62)44-26-42(57(59)60)45-48(53-44)63-30-34(52-45)23-31-7-2-1-3-8-31)40-15-14-35(25-43(40)64-37-24-33-16-19-50-46(33)51-29-37)55-21-17-49(18-22-55)27-36(28-49)56-20-6-11-41(56)39-10-5-4-9-38(39)32-12-13-32/h1-5,7-10,14-16,19,24-26,29,32,34,36,41,52H,6,11-13,17-18,20-23,27-28,30H2,(H,50,51)(H,54,58)/t34-,41+/m0/s1. The van der Waals surface area contributed by atoms with Crippen molar-refractivity contribution in [1.82, 2.24) is 24.6 Å². The van der Waals surface area contributed by atoms with Crippen LogP contribution in [0.25, 0.3) is 11.0 Å². The zero-order valence-electron chi connectivity index (χ0n) is 35.8. The van der Waals surface area contributed by atoms with Crippen LogP contribution in [0.2, 0.25) is 0 Å². The minimum Gasteiger partial charge on any atom is -0.474 e. The lowest BCUT2D eigenvalue weighted by atomic mass is 9.59. The third-order valence-electron chi connectivity index (χ3n) is 14.2. The van der Waals surface area contributed by atoms with Gasteiger partial charge in [-0.25, -0.2) is 9.71 Å². The number of amides is 1. The molecule has 2 saturated heterocycles. The molecule has 3 aliphatic heterocycles. The van der Waals surface area contributed by atoms with Gasteiger partial charge in [-0.05, 0) is 117 Å². The van der Waals surface area contributed by atoms with Gasteiger partial charge < -0.3 is 24.7 Å². The fourth-order valence-electron chi connectivity index (χ4n) is 10.7. The number of sulfonamides is 1. The number of ether oxygens (including phenoxy) is 2. The number of nitro groups is 1. The second-order valence-electron chi connectivity index (χ2n) is 18.4. The summed E-state index contributed by atoms with van der Waals surface area (Å²) < 4.78 is 42.0. The van der Waals surface area contributed by atoms with Gasteiger partial charge in [-0.15, -0.1) is 0 Å². The lowest BCUT2D eigenvalue weighted by molar-refractivity contribution is -0.384. The largest absolute Gasteiger partial charge is 0.474 e. The number of pyridine rings is 2. The molecule has 2 aliphatic carbocycles. The van der Waals surface area contributed by atoms with Crippen LogP contribution in [-0.2, 0) is 16.4 Å². The van der Waals surface area contributed by atoms with E-state index in [1.807, 2.05) is 42.5 Å². The SMILES string of the molecule is O=C(NS(=O)(=O)c1cc([N+](=O)[O-])c2c(n1)OC[C@H](Cc1ccccc1)N2)c1ccc(N2CCC3(CC2)CC(N2CCC[C@@H]2c2ccccc2C2CC2)C3)cc1Oc1cnc2[nH]ccc2c1. The van der Waals surface area contributed by atoms with E-state index >= 15 is 0 Å². The molecule has 0 unspecified atom stereocenters. The molecule has 16 heteroatoms. The Labute approximate surface area is 376 Å². The molecule has 4 fully saturated rings. The molecule has 5 aliphatic rings. The Hall–Kier alpha value is -6.52. The maximum absolute atomic E-state index is 14.1. The van der Waals surface area contributed by atoms with Crippen molar-refractivity contribution < 1.29 is 27.6 Å². The molecule has 65 heavy (non-hydrogen) atoms. The molecule has 3 aromatic heterocycles. The van der Waals surface area contributed by atoms with Gasteiger partial charge in [0.1, 0.15) is 23.8 Å². The Bertz CT molecular complexity index is 2910. The van der Waals surface area contributed by atoms with Gasteiger partial charge >= 0.3 is 5.69 Å². The van der Waals surface area contributed by atoms with E-state index in [2.05, 4.69) is 59.1 Å². The zero-order chi connectivity index (χ0) is 44.3. The van der Waals surface area contributed by atoms with Gasteiger partial charge in [-0.3, -0.25) is 19.8 Å². The number of aromatic amines is 1. The summed E-state index contributed by atoms with van der Waals surface area (Å²) in [7, 11) is -4.75. The lowest BCUT2D eigenvalue weighted by Gasteiger charge is -2.56. The Morgan fingerprint density at radius 1 is 0.954 bits per heavy atom.